The Hall–Kier alpha value is -1.66. The third-order valence-electron chi connectivity index (χ3n) is 1.70. The van der Waals surface area contributed by atoms with Gasteiger partial charge in [0.25, 0.3) is 0 Å². The molecule has 0 radical (unpaired) electrons. The lowest BCUT2D eigenvalue weighted by Crippen LogP contribution is -2.08. The van der Waals surface area contributed by atoms with Crippen molar-refractivity contribution in [2.45, 2.75) is 12.6 Å². The maximum Gasteiger partial charge on any atom is 0.417 e. The van der Waals surface area contributed by atoms with Crippen LogP contribution in [0, 0.1) is 10.1 Å². The summed E-state index contributed by atoms with van der Waals surface area (Å²) < 4.78 is 36.3. The van der Waals surface area contributed by atoms with Crippen molar-refractivity contribution in [2.75, 3.05) is 6.54 Å². The molecule has 0 atom stereocenters. The van der Waals surface area contributed by atoms with Gasteiger partial charge in [-0.15, -0.1) is 0 Å². The van der Waals surface area contributed by atoms with E-state index in [4.69, 9.17) is 0 Å². The van der Waals surface area contributed by atoms with Crippen LogP contribution in [0.1, 0.15) is 11.3 Å². The van der Waals surface area contributed by atoms with Gasteiger partial charge < -0.3 is 0 Å². The van der Waals surface area contributed by atoms with Gasteiger partial charge in [0.1, 0.15) is 0 Å². The molecule has 82 valence electrons. The second-order valence-electron chi connectivity index (χ2n) is 2.84. The van der Waals surface area contributed by atoms with Gasteiger partial charge in [-0.25, -0.2) is 0 Å². The Kier molecular flexibility index (Phi) is 3.23. The topological polar surface area (TPSA) is 56.0 Å². The summed E-state index contributed by atoms with van der Waals surface area (Å²) in [6.07, 6.45) is -3.71. The third-order valence-corrected chi connectivity index (χ3v) is 1.70. The summed E-state index contributed by atoms with van der Waals surface area (Å²) in [5.74, 6) is 0. The molecular formula is C8H7F3N2O2. The summed E-state index contributed by atoms with van der Waals surface area (Å²) in [4.78, 5) is 12.9. The molecule has 0 N–H and O–H groups in total. The highest BCUT2D eigenvalue weighted by atomic mass is 19.4. The van der Waals surface area contributed by atoms with E-state index in [1.165, 1.54) is 0 Å². The van der Waals surface area contributed by atoms with Crippen LogP contribution in [0.2, 0.25) is 0 Å². The number of pyridine rings is 1. The molecule has 15 heavy (non-hydrogen) atoms. The number of nitro groups is 1. The minimum atomic E-state index is -4.42. The monoisotopic (exact) mass is 220 g/mol. The molecule has 0 aromatic carbocycles. The Labute approximate surface area is 82.9 Å². The second kappa shape index (κ2) is 4.24. The molecule has 0 bridgehead atoms. The van der Waals surface area contributed by atoms with Crippen molar-refractivity contribution in [3.05, 3.63) is 39.7 Å². The molecule has 1 aromatic rings. The lowest BCUT2D eigenvalue weighted by atomic mass is 10.2. The number of nitrogens with zero attached hydrogens (tertiary/aromatic N) is 2. The Morgan fingerprint density at radius 2 is 2.07 bits per heavy atom. The van der Waals surface area contributed by atoms with Gasteiger partial charge in [-0.1, -0.05) is 0 Å². The molecule has 0 fully saturated rings. The molecule has 0 saturated heterocycles. The fraction of sp³-hybridized carbons (Fsp3) is 0.375. The predicted octanol–water partition coefficient (Wildman–Crippen LogP) is 1.92. The predicted molar refractivity (Wildman–Crippen MR) is 44.8 cm³/mol. The van der Waals surface area contributed by atoms with E-state index in [2.05, 4.69) is 4.98 Å². The summed E-state index contributed by atoms with van der Waals surface area (Å²) in [5.41, 5.74) is -0.577. The average Bonchev–Trinajstić information content (AvgIpc) is 2.14. The summed E-state index contributed by atoms with van der Waals surface area (Å²) in [6.45, 7) is -0.335. The Morgan fingerprint density at radius 1 is 1.40 bits per heavy atom. The highest BCUT2D eigenvalue weighted by molar-refractivity contribution is 5.16. The van der Waals surface area contributed by atoms with Crippen LogP contribution in [-0.2, 0) is 12.6 Å². The maximum absolute atomic E-state index is 12.1. The molecule has 0 saturated carbocycles. The molecule has 1 rings (SSSR count). The van der Waals surface area contributed by atoms with E-state index in [0.717, 1.165) is 12.1 Å². The van der Waals surface area contributed by atoms with Gasteiger partial charge in [0, 0.05) is 16.8 Å². The zero-order chi connectivity index (χ0) is 11.5. The fourth-order valence-corrected chi connectivity index (χ4v) is 0.946. The van der Waals surface area contributed by atoms with Crippen molar-refractivity contribution >= 4 is 0 Å². The zero-order valence-corrected chi connectivity index (χ0v) is 7.49. The SMILES string of the molecule is O=[N+]([O-])CCc1ccc(C(F)(F)F)cn1. The van der Waals surface area contributed by atoms with Gasteiger partial charge in [-0.05, 0) is 12.1 Å². The summed E-state index contributed by atoms with van der Waals surface area (Å²) >= 11 is 0. The van der Waals surface area contributed by atoms with Crippen LogP contribution >= 0.6 is 0 Å². The van der Waals surface area contributed by atoms with Crippen molar-refractivity contribution in [3.63, 3.8) is 0 Å². The van der Waals surface area contributed by atoms with Crippen molar-refractivity contribution in [2.24, 2.45) is 0 Å². The van der Waals surface area contributed by atoms with Crippen LogP contribution in [0.3, 0.4) is 0 Å². The molecule has 0 amide bonds. The van der Waals surface area contributed by atoms with Crippen molar-refractivity contribution in [1.29, 1.82) is 0 Å². The van der Waals surface area contributed by atoms with Gasteiger partial charge in [0.2, 0.25) is 6.54 Å². The first-order valence-corrected chi connectivity index (χ1v) is 4.03. The van der Waals surface area contributed by atoms with E-state index >= 15 is 0 Å². The molecule has 7 heteroatoms. The van der Waals surface area contributed by atoms with E-state index in [0.29, 0.717) is 6.20 Å². The van der Waals surface area contributed by atoms with Crippen LogP contribution in [0.5, 0.6) is 0 Å². The standard InChI is InChI=1S/C8H7F3N2O2/c9-8(10,11)6-1-2-7(12-5-6)3-4-13(14)15/h1-2,5H,3-4H2. The van der Waals surface area contributed by atoms with E-state index < -0.39 is 16.7 Å². The largest absolute Gasteiger partial charge is 0.417 e. The average molecular weight is 220 g/mol. The number of hydrogen-bond acceptors (Lipinski definition) is 3. The number of hydrogen-bond donors (Lipinski definition) is 0. The fourth-order valence-electron chi connectivity index (χ4n) is 0.946. The van der Waals surface area contributed by atoms with E-state index in [1.807, 2.05) is 0 Å². The van der Waals surface area contributed by atoms with E-state index in [-0.39, 0.29) is 18.7 Å². The Bertz CT molecular complexity index is 348. The molecule has 0 spiro atoms. The molecule has 4 nitrogen and oxygen atoms in total. The Balaban J connectivity index is 2.69. The number of halogens is 3. The first-order chi connectivity index (χ1) is 6.89. The summed E-state index contributed by atoms with van der Waals surface area (Å²) in [5, 5.41) is 10.00. The van der Waals surface area contributed by atoms with Crippen LogP contribution in [0.4, 0.5) is 13.2 Å². The van der Waals surface area contributed by atoms with Crippen molar-refractivity contribution in [1.82, 2.24) is 4.98 Å². The normalized spacial score (nSPS) is 11.4. The van der Waals surface area contributed by atoms with E-state index in [1.54, 1.807) is 0 Å². The van der Waals surface area contributed by atoms with Crippen LogP contribution < -0.4 is 0 Å². The lowest BCUT2D eigenvalue weighted by Gasteiger charge is -2.05. The highest BCUT2D eigenvalue weighted by Crippen LogP contribution is 2.28. The molecular weight excluding hydrogens is 213 g/mol. The molecule has 0 aliphatic carbocycles. The minimum Gasteiger partial charge on any atom is -0.265 e. The Morgan fingerprint density at radius 3 is 2.47 bits per heavy atom. The number of rotatable bonds is 3. The molecule has 1 heterocycles. The maximum atomic E-state index is 12.1. The quantitative estimate of drug-likeness (QED) is 0.577. The zero-order valence-electron chi connectivity index (χ0n) is 7.49. The van der Waals surface area contributed by atoms with Gasteiger partial charge >= 0.3 is 6.18 Å². The molecule has 0 aliphatic rings. The second-order valence-corrected chi connectivity index (χ2v) is 2.84. The van der Waals surface area contributed by atoms with Gasteiger partial charge in [0.05, 0.1) is 12.0 Å². The van der Waals surface area contributed by atoms with Crippen molar-refractivity contribution < 1.29 is 18.1 Å². The van der Waals surface area contributed by atoms with E-state index in [9.17, 15) is 23.3 Å². The lowest BCUT2D eigenvalue weighted by molar-refractivity contribution is -0.479. The van der Waals surface area contributed by atoms with Crippen LogP contribution in [0.15, 0.2) is 18.3 Å². The number of aromatic nitrogens is 1. The summed E-state index contributed by atoms with van der Waals surface area (Å²) in [7, 11) is 0. The van der Waals surface area contributed by atoms with Crippen LogP contribution in [-0.4, -0.2) is 16.5 Å². The molecule has 0 unspecified atom stereocenters. The smallest absolute Gasteiger partial charge is 0.265 e. The van der Waals surface area contributed by atoms with Gasteiger partial charge in [-0.2, -0.15) is 13.2 Å². The van der Waals surface area contributed by atoms with Crippen LogP contribution in [0.25, 0.3) is 0 Å². The summed E-state index contributed by atoms with van der Waals surface area (Å²) in [6, 6.07) is 2.01. The number of alkyl halides is 3. The van der Waals surface area contributed by atoms with Gasteiger partial charge in [-0.3, -0.25) is 15.1 Å². The van der Waals surface area contributed by atoms with Crippen molar-refractivity contribution in [3.8, 4) is 0 Å². The van der Waals surface area contributed by atoms with Gasteiger partial charge in [0.15, 0.2) is 0 Å². The first-order valence-electron chi connectivity index (χ1n) is 4.03. The first kappa shape index (κ1) is 11.4. The minimum absolute atomic E-state index is 0.0329. The highest BCUT2D eigenvalue weighted by Gasteiger charge is 2.30. The third kappa shape index (κ3) is 3.53. The molecule has 0 aliphatic heterocycles. The molecule has 1 aromatic heterocycles.